The van der Waals surface area contributed by atoms with Gasteiger partial charge in [-0.25, -0.2) is 0 Å². The van der Waals surface area contributed by atoms with Crippen LogP contribution in [-0.4, -0.2) is 38.7 Å². The first kappa shape index (κ1) is 18.5. The molecule has 0 saturated heterocycles. The molecule has 26 heavy (non-hydrogen) atoms. The summed E-state index contributed by atoms with van der Waals surface area (Å²) in [6, 6.07) is 3.87. The van der Waals surface area contributed by atoms with Crippen molar-refractivity contribution >= 4 is 11.8 Å². The summed E-state index contributed by atoms with van der Waals surface area (Å²) >= 11 is 0. The number of Topliss-reactive ketones (excluding diaryl/α,β-unsaturated/α-hetero) is 1. The predicted molar refractivity (Wildman–Crippen MR) is 95.0 cm³/mol. The van der Waals surface area contributed by atoms with Crippen LogP contribution in [0.25, 0.3) is 0 Å². The zero-order chi connectivity index (χ0) is 18.6. The van der Waals surface area contributed by atoms with Crippen LogP contribution in [0.15, 0.2) is 12.1 Å². The van der Waals surface area contributed by atoms with Gasteiger partial charge in [-0.15, -0.1) is 0 Å². The van der Waals surface area contributed by atoms with Crippen molar-refractivity contribution < 1.29 is 28.5 Å². The van der Waals surface area contributed by atoms with E-state index in [1.807, 2.05) is 12.1 Å². The molecule has 1 heterocycles. The number of carbonyl (C=O) groups is 2. The molecule has 0 spiro atoms. The fraction of sp³-hybridized carbons (Fsp3) is 0.600. The highest BCUT2D eigenvalue weighted by Crippen LogP contribution is 2.51. The molecular formula is C20H26O6. The largest absolute Gasteiger partial charge is 0.493 e. The van der Waals surface area contributed by atoms with Gasteiger partial charge in [0.2, 0.25) is 5.75 Å². The maximum atomic E-state index is 11.9. The van der Waals surface area contributed by atoms with Crippen LogP contribution in [-0.2, 0) is 19.7 Å². The second kappa shape index (κ2) is 7.98. The minimum Gasteiger partial charge on any atom is -0.493 e. The molecule has 0 unspecified atom stereocenters. The lowest BCUT2D eigenvalue weighted by atomic mass is 9.66. The number of benzene rings is 1. The third kappa shape index (κ3) is 3.64. The molecule has 0 atom stereocenters. The Morgan fingerprint density at radius 1 is 1.15 bits per heavy atom. The molecule has 1 aromatic carbocycles. The number of hydrogen-bond donors (Lipinski definition) is 0. The predicted octanol–water partition coefficient (Wildman–Crippen LogP) is 3.19. The minimum atomic E-state index is -0.294. The van der Waals surface area contributed by atoms with Crippen LogP contribution >= 0.6 is 0 Å². The fourth-order valence-corrected chi connectivity index (χ4v) is 3.93. The molecule has 1 aromatic rings. The van der Waals surface area contributed by atoms with Gasteiger partial charge in [-0.1, -0.05) is 6.07 Å². The second-order valence-corrected chi connectivity index (χ2v) is 6.79. The van der Waals surface area contributed by atoms with Gasteiger partial charge in [-0.3, -0.25) is 9.59 Å². The summed E-state index contributed by atoms with van der Waals surface area (Å²) in [6.45, 7) is 3.12. The zero-order valence-corrected chi connectivity index (χ0v) is 15.5. The van der Waals surface area contributed by atoms with Crippen LogP contribution in [0.1, 0.15) is 51.0 Å². The standard InChI is InChI=1S/C20H26O6/c1-3-24-17(22)8-11-20(9-6-14(21)7-10-20)15-4-5-16(23-2)19-18(15)25-12-13-26-19/h4-5H,3,6-13H2,1-2H3. The van der Waals surface area contributed by atoms with Crippen molar-refractivity contribution in [2.45, 2.75) is 50.9 Å². The topological polar surface area (TPSA) is 71.1 Å². The number of esters is 1. The summed E-state index contributed by atoms with van der Waals surface area (Å²) in [5.74, 6) is 2.01. The van der Waals surface area contributed by atoms with Gasteiger partial charge in [0.15, 0.2) is 11.5 Å². The molecule has 0 aromatic heterocycles. The van der Waals surface area contributed by atoms with Crippen molar-refractivity contribution in [3.05, 3.63) is 17.7 Å². The van der Waals surface area contributed by atoms with E-state index in [0.717, 1.165) is 5.56 Å². The Labute approximate surface area is 153 Å². The van der Waals surface area contributed by atoms with Crippen LogP contribution in [0, 0.1) is 0 Å². The van der Waals surface area contributed by atoms with Crippen molar-refractivity contribution in [1.29, 1.82) is 0 Å². The Kier molecular flexibility index (Phi) is 5.69. The molecule has 142 valence electrons. The molecule has 0 N–H and O–H groups in total. The van der Waals surface area contributed by atoms with Gasteiger partial charge in [0, 0.05) is 30.2 Å². The van der Waals surface area contributed by atoms with Crippen molar-refractivity contribution in [3.63, 3.8) is 0 Å². The average Bonchev–Trinajstić information content (AvgIpc) is 2.67. The molecule has 0 bridgehead atoms. The maximum Gasteiger partial charge on any atom is 0.305 e. The first-order valence-electron chi connectivity index (χ1n) is 9.24. The molecule has 1 saturated carbocycles. The zero-order valence-electron chi connectivity index (χ0n) is 15.5. The Morgan fingerprint density at radius 3 is 2.50 bits per heavy atom. The number of rotatable bonds is 6. The van der Waals surface area contributed by atoms with Gasteiger partial charge >= 0.3 is 5.97 Å². The number of hydrogen-bond acceptors (Lipinski definition) is 6. The Bertz CT molecular complexity index is 671. The molecule has 0 amide bonds. The van der Waals surface area contributed by atoms with E-state index in [0.29, 0.717) is 75.6 Å². The molecule has 1 fully saturated rings. The monoisotopic (exact) mass is 362 g/mol. The SMILES string of the molecule is CCOC(=O)CCC1(c2ccc(OC)c3c2OCCO3)CCC(=O)CC1. The summed E-state index contributed by atoms with van der Waals surface area (Å²) in [5, 5.41) is 0. The normalized spacial score (nSPS) is 18.3. The Hall–Kier alpha value is -2.24. The molecule has 6 heteroatoms. The summed E-state index contributed by atoms with van der Waals surface area (Å²) < 4.78 is 22.3. The van der Waals surface area contributed by atoms with Gasteiger partial charge in [0.1, 0.15) is 19.0 Å². The van der Waals surface area contributed by atoms with Crippen molar-refractivity contribution in [2.24, 2.45) is 0 Å². The average molecular weight is 362 g/mol. The smallest absolute Gasteiger partial charge is 0.305 e. The van der Waals surface area contributed by atoms with Crippen LogP contribution in [0.5, 0.6) is 17.2 Å². The number of methoxy groups -OCH3 is 1. The molecular weight excluding hydrogens is 336 g/mol. The van der Waals surface area contributed by atoms with E-state index in [2.05, 4.69) is 0 Å². The summed E-state index contributed by atoms with van der Waals surface area (Å²) in [5.41, 5.74) is 0.711. The van der Waals surface area contributed by atoms with Gasteiger partial charge in [-0.2, -0.15) is 0 Å². The van der Waals surface area contributed by atoms with Gasteiger partial charge < -0.3 is 18.9 Å². The Morgan fingerprint density at radius 2 is 1.85 bits per heavy atom. The molecule has 2 aliphatic rings. The van der Waals surface area contributed by atoms with Crippen molar-refractivity contribution in [2.75, 3.05) is 26.9 Å². The number of carbonyl (C=O) groups excluding carboxylic acids is 2. The summed E-state index contributed by atoms with van der Waals surface area (Å²) in [6.07, 6.45) is 3.39. The first-order valence-corrected chi connectivity index (χ1v) is 9.24. The van der Waals surface area contributed by atoms with Crippen LogP contribution in [0.3, 0.4) is 0 Å². The fourth-order valence-electron chi connectivity index (χ4n) is 3.93. The van der Waals surface area contributed by atoms with E-state index in [9.17, 15) is 9.59 Å². The summed E-state index contributed by atoms with van der Waals surface area (Å²) in [4.78, 5) is 23.8. The van der Waals surface area contributed by atoms with E-state index in [-0.39, 0.29) is 17.2 Å². The molecule has 1 aliphatic carbocycles. The lowest BCUT2D eigenvalue weighted by molar-refractivity contribution is -0.143. The highest BCUT2D eigenvalue weighted by Gasteiger charge is 2.40. The van der Waals surface area contributed by atoms with E-state index < -0.39 is 0 Å². The lowest BCUT2D eigenvalue weighted by Crippen LogP contribution is -2.34. The first-order chi connectivity index (χ1) is 12.6. The van der Waals surface area contributed by atoms with E-state index in [4.69, 9.17) is 18.9 Å². The highest BCUT2D eigenvalue weighted by atomic mass is 16.6. The van der Waals surface area contributed by atoms with Crippen molar-refractivity contribution in [3.8, 4) is 17.2 Å². The molecule has 0 radical (unpaired) electrons. The van der Waals surface area contributed by atoms with Crippen LogP contribution < -0.4 is 14.2 Å². The second-order valence-electron chi connectivity index (χ2n) is 6.79. The molecule has 3 rings (SSSR count). The van der Waals surface area contributed by atoms with E-state index >= 15 is 0 Å². The quantitative estimate of drug-likeness (QED) is 0.724. The summed E-state index contributed by atoms with van der Waals surface area (Å²) in [7, 11) is 1.60. The Balaban J connectivity index is 1.96. The van der Waals surface area contributed by atoms with Gasteiger partial charge in [0.05, 0.1) is 13.7 Å². The van der Waals surface area contributed by atoms with Gasteiger partial charge in [0.25, 0.3) is 0 Å². The van der Waals surface area contributed by atoms with Crippen LogP contribution in [0.2, 0.25) is 0 Å². The molecule has 1 aliphatic heterocycles. The van der Waals surface area contributed by atoms with Gasteiger partial charge in [-0.05, 0) is 32.3 Å². The lowest BCUT2D eigenvalue weighted by Gasteiger charge is -2.39. The number of ketones is 1. The number of fused-ring (bicyclic) bond motifs is 1. The third-order valence-corrected chi connectivity index (χ3v) is 5.32. The maximum absolute atomic E-state index is 11.9. The van der Waals surface area contributed by atoms with Crippen molar-refractivity contribution in [1.82, 2.24) is 0 Å². The third-order valence-electron chi connectivity index (χ3n) is 5.32. The minimum absolute atomic E-state index is 0.205. The molecule has 6 nitrogen and oxygen atoms in total. The van der Waals surface area contributed by atoms with E-state index in [1.165, 1.54) is 0 Å². The van der Waals surface area contributed by atoms with E-state index in [1.54, 1.807) is 14.0 Å². The van der Waals surface area contributed by atoms with Crippen LogP contribution in [0.4, 0.5) is 0 Å². The number of ether oxygens (including phenoxy) is 4. The highest BCUT2D eigenvalue weighted by molar-refractivity contribution is 5.80.